The maximum absolute atomic E-state index is 14.9. The van der Waals surface area contributed by atoms with Crippen LogP contribution < -0.4 is 0 Å². The van der Waals surface area contributed by atoms with Crippen LogP contribution in [0.3, 0.4) is 0 Å². The summed E-state index contributed by atoms with van der Waals surface area (Å²) in [4.78, 5) is 4.51. The molecule has 0 unspecified atom stereocenters. The van der Waals surface area contributed by atoms with E-state index in [9.17, 15) is 22.7 Å². The Morgan fingerprint density at radius 1 is 1.00 bits per heavy atom. The average Bonchev–Trinajstić information content (AvgIpc) is 3.27. The highest BCUT2D eigenvalue weighted by Crippen LogP contribution is 2.42. The second kappa shape index (κ2) is 10.1. The third-order valence-electron chi connectivity index (χ3n) is 6.52. The second-order valence-corrected chi connectivity index (χ2v) is 9.88. The molecule has 0 amide bonds. The third-order valence-corrected chi connectivity index (χ3v) is 6.82. The van der Waals surface area contributed by atoms with Gasteiger partial charge in [-0.1, -0.05) is 30.3 Å². The maximum atomic E-state index is 14.9. The van der Waals surface area contributed by atoms with Crippen LogP contribution in [0.25, 0.3) is 16.9 Å². The van der Waals surface area contributed by atoms with Crippen molar-refractivity contribution in [2.75, 3.05) is 0 Å². The first-order valence-corrected chi connectivity index (χ1v) is 12.1. The number of hydrogen-bond acceptors (Lipinski definition) is 2. The van der Waals surface area contributed by atoms with Crippen molar-refractivity contribution in [3.63, 3.8) is 0 Å². The van der Waals surface area contributed by atoms with Crippen molar-refractivity contribution >= 4 is 28.5 Å². The summed E-state index contributed by atoms with van der Waals surface area (Å²) in [6.07, 6.45) is 2.54. The van der Waals surface area contributed by atoms with Gasteiger partial charge in [0.15, 0.2) is 0 Å². The summed E-state index contributed by atoms with van der Waals surface area (Å²) < 4.78 is 56.8. The fraction of sp³-hybridized carbons (Fsp3) is 0.276. The first-order valence-electron chi connectivity index (χ1n) is 11.7. The minimum Gasteiger partial charge on any atom is -0.506 e. The van der Waals surface area contributed by atoms with Gasteiger partial charge in [0, 0.05) is 17.7 Å². The summed E-state index contributed by atoms with van der Waals surface area (Å²) in [5.74, 6) is -3.07. The van der Waals surface area contributed by atoms with Crippen molar-refractivity contribution in [3.05, 3.63) is 105 Å². The molecule has 0 aliphatic heterocycles. The predicted molar refractivity (Wildman–Crippen MR) is 136 cm³/mol. The summed E-state index contributed by atoms with van der Waals surface area (Å²) in [6, 6.07) is 10.0. The largest absolute Gasteiger partial charge is 0.506 e. The number of nitrogens with zero attached hydrogens (tertiary/aromatic N) is 1. The Kier molecular flexibility index (Phi) is 7.28. The summed E-state index contributed by atoms with van der Waals surface area (Å²) >= 11 is 6.16. The molecule has 3 aromatic rings. The van der Waals surface area contributed by atoms with Gasteiger partial charge in [0.1, 0.15) is 34.6 Å². The molecular weight excluding hydrogens is 490 g/mol. The number of aryl methyl sites for hydroxylation is 1. The molecule has 1 heterocycles. The maximum Gasteiger partial charge on any atom is 0.135 e. The van der Waals surface area contributed by atoms with E-state index in [0.29, 0.717) is 36.2 Å². The molecule has 0 atom stereocenters. The van der Waals surface area contributed by atoms with Gasteiger partial charge in [-0.15, -0.1) is 0 Å². The number of hydrogen-bond donors (Lipinski definition) is 1. The lowest BCUT2D eigenvalue weighted by atomic mass is 9.88. The number of alkyl halides is 1. The number of aliphatic hydroxyl groups is 1. The fourth-order valence-electron chi connectivity index (χ4n) is 4.65. The van der Waals surface area contributed by atoms with Crippen LogP contribution >= 0.6 is 11.6 Å². The van der Waals surface area contributed by atoms with Crippen molar-refractivity contribution in [2.24, 2.45) is 0 Å². The van der Waals surface area contributed by atoms with Gasteiger partial charge in [0.05, 0.1) is 10.7 Å². The van der Waals surface area contributed by atoms with Crippen molar-refractivity contribution < 1.29 is 22.7 Å². The molecule has 0 spiro atoms. The predicted octanol–water partition coefficient (Wildman–Crippen LogP) is 8.77. The molecule has 0 saturated heterocycles. The first kappa shape index (κ1) is 26.0. The molecule has 188 valence electrons. The number of allylic oxidation sites excluding steroid dienone is 2. The SMILES string of the molecule is C=C(O)c1nc(C2=C(c3cc(C(C)(C)F)ccc3CCc3c(F)cc(F)cc3F)CCC2)ccc1Cl. The Morgan fingerprint density at radius 3 is 2.31 bits per heavy atom. The molecule has 2 nitrogen and oxygen atoms in total. The Bertz CT molecular complexity index is 1350. The molecule has 0 saturated carbocycles. The number of pyridine rings is 1. The van der Waals surface area contributed by atoms with Crippen LogP contribution in [0.4, 0.5) is 17.6 Å². The van der Waals surface area contributed by atoms with Crippen LogP contribution in [0.1, 0.15) is 66.8 Å². The van der Waals surface area contributed by atoms with Crippen LogP contribution in [0.15, 0.2) is 49.0 Å². The van der Waals surface area contributed by atoms with E-state index in [1.54, 1.807) is 30.3 Å². The number of aromatic nitrogens is 1. The summed E-state index contributed by atoms with van der Waals surface area (Å²) in [7, 11) is 0. The molecule has 2 aromatic carbocycles. The molecule has 1 aliphatic rings. The molecule has 1 aliphatic carbocycles. The zero-order valence-electron chi connectivity index (χ0n) is 20.1. The van der Waals surface area contributed by atoms with Crippen molar-refractivity contribution in [1.29, 1.82) is 0 Å². The lowest BCUT2D eigenvalue weighted by molar-refractivity contribution is 0.221. The van der Waals surface area contributed by atoms with Gasteiger partial charge in [-0.3, -0.25) is 0 Å². The Balaban J connectivity index is 1.81. The second-order valence-electron chi connectivity index (χ2n) is 9.48. The lowest BCUT2D eigenvalue weighted by Crippen LogP contribution is -2.11. The van der Waals surface area contributed by atoms with Crippen molar-refractivity contribution in [2.45, 2.75) is 51.6 Å². The fourth-order valence-corrected chi connectivity index (χ4v) is 4.87. The van der Waals surface area contributed by atoms with E-state index in [-0.39, 0.29) is 34.9 Å². The molecule has 0 radical (unpaired) electrons. The van der Waals surface area contributed by atoms with Crippen LogP contribution in [-0.4, -0.2) is 10.1 Å². The lowest BCUT2D eigenvalue weighted by Gasteiger charge is -2.20. The summed E-state index contributed by atoms with van der Waals surface area (Å²) in [6.45, 7) is 6.46. The third kappa shape index (κ3) is 5.34. The van der Waals surface area contributed by atoms with Gasteiger partial charge < -0.3 is 5.11 Å². The molecule has 0 fully saturated rings. The Morgan fingerprint density at radius 2 is 1.67 bits per heavy atom. The van der Waals surface area contributed by atoms with Gasteiger partial charge in [-0.2, -0.15) is 0 Å². The van der Waals surface area contributed by atoms with Crippen LogP contribution in [0.2, 0.25) is 5.02 Å². The van der Waals surface area contributed by atoms with Gasteiger partial charge in [0.25, 0.3) is 0 Å². The highest BCUT2D eigenvalue weighted by atomic mass is 35.5. The molecule has 36 heavy (non-hydrogen) atoms. The van der Waals surface area contributed by atoms with E-state index in [4.69, 9.17) is 11.6 Å². The van der Waals surface area contributed by atoms with E-state index < -0.39 is 23.1 Å². The number of benzene rings is 2. The zero-order chi connectivity index (χ0) is 26.2. The minimum absolute atomic E-state index is 0.0135. The molecule has 4 rings (SSSR count). The quantitative estimate of drug-likeness (QED) is 0.252. The van der Waals surface area contributed by atoms with Gasteiger partial charge in [0.2, 0.25) is 0 Å². The van der Waals surface area contributed by atoms with Crippen molar-refractivity contribution in [3.8, 4) is 0 Å². The Labute approximate surface area is 213 Å². The van der Waals surface area contributed by atoms with E-state index >= 15 is 0 Å². The van der Waals surface area contributed by atoms with E-state index in [0.717, 1.165) is 28.7 Å². The smallest absolute Gasteiger partial charge is 0.135 e. The van der Waals surface area contributed by atoms with Crippen LogP contribution in [0.5, 0.6) is 0 Å². The average molecular weight is 516 g/mol. The van der Waals surface area contributed by atoms with Gasteiger partial charge in [-0.25, -0.2) is 22.5 Å². The zero-order valence-corrected chi connectivity index (χ0v) is 20.8. The van der Waals surface area contributed by atoms with E-state index in [2.05, 4.69) is 11.6 Å². The summed E-state index contributed by atoms with van der Waals surface area (Å²) in [5, 5.41) is 10.2. The highest BCUT2D eigenvalue weighted by Gasteiger charge is 2.25. The Hall–Kier alpha value is -3.12. The van der Waals surface area contributed by atoms with Gasteiger partial charge >= 0.3 is 0 Å². The topological polar surface area (TPSA) is 33.1 Å². The van der Waals surface area contributed by atoms with Crippen LogP contribution in [0, 0.1) is 17.5 Å². The van der Waals surface area contributed by atoms with Crippen LogP contribution in [-0.2, 0) is 18.5 Å². The molecule has 7 heteroatoms. The molecular formula is C29H26ClF4NO. The first-order chi connectivity index (χ1) is 17.0. The molecule has 1 aromatic heterocycles. The van der Waals surface area contributed by atoms with Crippen molar-refractivity contribution in [1.82, 2.24) is 4.98 Å². The molecule has 1 N–H and O–H groups in total. The highest BCUT2D eigenvalue weighted by molar-refractivity contribution is 6.32. The minimum atomic E-state index is -1.60. The monoisotopic (exact) mass is 515 g/mol. The normalized spacial score (nSPS) is 14.0. The number of rotatable bonds is 7. The number of aliphatic hydroxyl groups excluding tert-OH is 1. The molecule has 0 bridgehead atoms. The van der Waals surface area contributed by atoms with E-state index in [1.165, 1.54) is 13.8 Å². The summed E-state index contributed by atoms with van der Waals surface area (Å²) in [5.41, 5.74) is 2.98. The van der Waals surface area contributed by atoms with Gasteiger partial charge in [-0.05, 0) is 92.0 Å². The standard InChI is InChI=1S/C29H26ClF4NO/c1-16(36)28-24(30)11-12-27(35-28)21-6-4-5-20(21)23-13-18(29(2,3)34)9-7-17(23)8-10-22-25(32)14-19(31)15-26(22)33/h7,9,11-15,36H,1,4-6,8,10H2,2-3H3. The number of halogens is 5. The van der Waals surface area contributed by atoms with E-state index in [1.807, 2.05) is 0 Å².